The van der Waals surface area contributed by atoms with E-state index >= 15 is 0 Å². The first kappa shape index (κ1) is 18.1. The lowest BCUT2D eigenvalue weighted by atomic mass is 10.1. The maximum Gasteiger partial charge on any atom is 0.418 e. The van der Waals surface area contributed by atoms with Crippen LogP contribution in [0, 0.1) is 0 Å². The molecule has 128 valence electrons. The summed E-state index contributed by atoms with van der Waals surface area (Å²) in [5.41, 5.74) is -0.625. The molecule has 0 aliphatic carbocycles. The molecule has 0 atom stereocenters. The van der Waals surface area contributed by atoms with Crippen LogP contribution in [0.2, 0.25) is 5.02 Å². The van der Waals surface area contributed by atoms with Gasteiger partial charge in [0, 0.05) is 23.5 Å². The van der Waals surface area contributed by atoms with E-state index in [0.717, 1.165) is 12.1 Å². The fourth-order valence-electron chi connectivity index (χ4n) is 2.03. The lowest BCUT2D eigenvalue weighted by Gasteiger charge is -2.15. The summed E-state index contributed by atoms with van der Waals surface area (Å²) in [6.45, 7) is 3.83. The van der Waals surface area contributed by atoms with E-state index in [0.29, 0.717) is 5.69 Å². The molecular formula is C16H15ClF3N3O. The number of hydrogen-bond acceptors (Lipinski definition) is 3. The molecule has 4 nitrogen and oxygen atoms in total. The zero-order valence-corrected chi connectivity index (χ0v) is 13.7. The van der Waals surface area contributed by atoms with E-state index in [1.165, 1.54) is 24.5 Å². The van der Waals surface area contributed by atoms with Gasteiger partial charge in [-0.2, -0.15) is 13.2 Å². The number of alkyl halides is 3. The molecule has 0 saturated carbocycles. The molecule has 2 rings (SSSR count). The second-order valence-electron chi connectivity index (χ2n) is 5.40. The predicted molar refractivity (Wildman–Crippen MR) is 87.4 cm³/mol. The average molecular weight is 358 g/mol. The van der Waals surface area contributed by atoms with Crippen molar-refractivity contribution in [1.29, 1.82) is 0 Å². The van der Waals surface area contributed by atoms with Crippen molar-refractivity contribution < 1.29 is 18.0 Å². The summed E-state index contributed by atoms with van der Waals surface area (Å²) >= 11 is 5.61. The van der Waals surface area contributed by atoms with E-state index < -0.39 is 17.6 Å². The smallest absolute Gasteiger partial charge is 0.382 e. The Labute approximate surface area is 142 Å². The van der Waals surface area contributed by atoms with E-state index in [9.17, 15) is 18.0 Å². The molecule has 8 heteroatoms. The highest BCUT2D eigenvalue weighted by atomic mass is 35.5. The molecule has 2 N–H and O–H groups in total. The fraction of sp³-hybridized carbons (Fsp3) is 0.250. The van der Waals surface area contributed by atoms with Gasteiger partial charge in [0.05, 0.1) is 22.5 Å². The van der Waals surface area contributed by atoms with Gasteiger partial charge in [-0.05, 0) is 38.1 Å². The molecule has 0 aliphatic rings. The number of halogens is 4. The second kappa shape index (κ2) is 7.09. The number of anilines is 2. The standard InChI is InChI=1S/C16H15ClF3N3O/c1-9(2)22-12-5-10(7-21-8-12)15(24)23-14-4-3-11(17)6-13(14)16(18,19)20/h3-9,22H,1-2H3,(H,23,24). The van der Waals surface area contributed by atoms with E-state index in [1.807, 2.05) is 13.8 Å². The summed E-state index contributed by atoms with van der Waals surface area (Å²) in [6.07, 6.45) is -1.82. The molecule has 1 aromatic heterocycles. The molecule has 0 bridgehead atoms. The maximum absolute atomic E-state index is 13.1. The zero-order valence-electron chi connectivity index (χ0n) is 12.9. The highest BCUT2D eigenvalue weighted by molar-refractivity contribution is 6.30. The number of amides is 1. The van der Waals surface area contributed by atoms with Crippen molar-refractivity contribution in [2.45, 2.75) is 26.1 Å². The summed E-state index contributed by atoms with van der Waals surface area (Å²) in [6, 6.07) is 4.81. The van der Waals surface area contributed by atoms with Crippen LogP contribution in [0.1, 0.15) is 29.8 Å². The minimum absolute atomic E-state index is 0.0647. The van der Waals surface area contributed by atoms with Gasteiger partial charge in [0.1, 0.15) is 0 Å². The molecule has 1 amide bonds. The number of nitrogens with zero attached hydrogens (tertiary/aromatic N) is 1. The molecule has 0 radical (unpaired) electrons. The molecule has 0 saturated heterocycles. The number of pyridine rings is 1. The van der Waals surface area contributed by atoms with Crippen LogP contribution in [0.5, 0.6) is 0 Å². The van der Waals surface area contributed by atoms with Crippen molar-refractivity contribution in [2.24, 2.45) is 0 Å². The molecule has 1 heterocycles. The van der Waals surface area contributed by atoms with Crippen LogP contribution in [-0.2, 0) is 6.18 Å². The van der Waals surface area contributed by atoms with Crippen LogP contribution >= 0.6 is 11.6 Å². The minimum atomic E-state index is -4.63. The van der Waals surface area contributed by atoms with Gasteiger partial charge in [-0.25, -0.2) is 0 Å². The summed E-state index contributed by atoms with van der Waals surface area (Å²) in [7, 11) is 0. The molecule has 24 heavy (non-hydrogen) atoms. The average Bonchev–Trinajstić information content (AvgIpc) is 2.47. The third-order valence-electron chi connectivity index (χ3n) is 2.99. The van der Waals surface area contributed by atoms with Crippen LogP contribution in [0.25, 0.3) is 0 Å². The Morgan fingerprint density at radius 1 is 1.21 bits per heavy atom. The van der Waals surface area contributed by atoms with Crippen molar-refractivity contribution in [2.75, 3.05) is 10.6 Å². The molecule has 0 spiro atoms. The normalized spacial score (nSPS) is 11.5. The van der Waals surface area contributed by atoms with Gasteiger partial charge in [0.25, 0.3) is 5.91 Å². The number of rotatable bonds is 4. The highest BCUT2D eigenvalue weighted by Crippen LogP contribution is 2.36. The van der Waals surface area contributed by atoms with Crippen molar-refractivity contribution >= 4 is 28.9 Å². The number of carbonyl (C=O) groups is 1. The van der Waals surface area contributed by atoms with Crippen molar-refractivity contribution in [3.63, 3.8) is 0 Å². The van der Waals surface area contributed by atoms with E-state index in [2.05, 4.69) is 15.6 Å². The molecule has 0 aliphatic heterocycles. The molecule has 1 aromatic carbocycles. The maximum atomic E-state index is 13.1. The molecule has 0 unspecified atom stereocenters. The molecular weight excluding hydrogens is 343 g/mol. The van der Waals surface area contributed by atoms with Crippen molar-refractivity contribution in [1.82, 2.24) is 4.98 Å². The van der Waals surface area contributed by atoms with Crippen LogP contribution in [0.15, 0.2) is 36.7 Å². The second-order valence-corrected chi connectivity index (χ2v) is 5.84. The largest absolute Gasteiger partial charge is 0.418 e. The van der Waals surface area contributed by atoms with Gasteiger partial charge in [-0.3, -0.25) is 9.78 Å². The quantitative estimate of drug-likeness (QED) is 0.824. The molecule has 0 fully saturated rings. The Morgan fingerprint density at radius 3 is 2.54 bits per heavy atom. The Kier molecular flexibility index (Phi) is 5.33. The number of carbonyl (C=O) groups excluding carboxylic acids is 1. The van der Waals surface area contributed by atoms with E-state index in [-0.39, 0.29) is 22.3 Å². The van der Waals surface area contributed by atoms with Crippen LogP contribution in [0.3, 0.4) is 0 Å². The molecule has 2 aromatic rings. The summed E-state index contributed by atoms with van der Waals surface area (Å²) in [4.78, 5) is 16.2. The Hall–Kier alpha value is -2.28. The zero-order chi connectivity index (χ0) is 17.9. The first-order valence-corrected chi connectivity index (χ1v) is 7.44. The monoisotopic (exact) mass is 357 g/mol. The first-order chi connectivity index (χ1) is 11.2. The summed E-state index contributed by atoms with van der Waals surface area (Å²) < 4.78 is 39.2. The van der Waals surface area contributed by atoms with Crippen molar-refractivity contribution in [3.05, 3.63) is 52.8 Å². The summed E-state index contributed by atoms with van der Waals surface area (Å²) in [5.74, 6) is -0.692. The van der Waals surface area contributed by atoms with E-state index in [1.54, 1.807) is 0 Å². The Bertz CT molecular complexity index is 748. The lowest BCUT2D eigenvalue weighted by Crippen LogP contribution is -2.17. The van der Waals surface area contributed by atoms with Gasteiger partial charge in [-0.1, -0.05) is 11.6 Å². The topological polar surface area (TPSA) is 54.0 Å². The van der Waals surface area contributed by atoms with Crippen LogP contribution in [-0.4, -0.2) is 16.9 Å². The fourth-order valence-corrected chi connectivity index (χ4v) is 2.20. The van der Waals surface area contributed by atoms with Gasteiger partial charge in [0.15, 0.2) is 0 Å². The van der Waals surface area contributed by atoms with Gasteiger partial charge in [-0.15, -0.1) is 0 Å². The van der Waals surface area contributed by atoms with Gasteiger partial charge < -0.3 is 10.6 Å². The van der Waals surface area contributed by atoms with Crippen molar-refractivity contribution in [3.8, 4) is 0 Å². The highest BCUT2D eigenvalue weighted by Gasteiger charge is 2.34. The summed E-state index contributed by atoms with van der Waals surface area (Å²) in [5, 5.41) is 5.26. The SMILES string of the molecule is CC(C)Nc1cncc(C(=O)Nc2ccc(Cl)cc2C(F)(F)F)c1. The Morgan fingerprint density at radius 2 is 1.92 bits per heavy atom. The minimum Gasteiger partial charge on any atom is -0.382 e. The number of benzene rings is 1. The number of hydrogen-bond donors (Lipinski definition) is 2. The van der Waals surface area contributed by atoms with Crippen LogP contribution < -0.4 is 10.6 Å². The van der Waals surface area contributed by atoms with E-state index in [4.69, 9.17) is 11.6 Å². The van der Waals surface area contributed by atoms with Gasteiger partial charge >= 0.3 is 6.18 Å². The third-order valence-corrected chi connectivity index (χ3v) is 3.23. The van der Waals surface area contributed by atoms with Gasteiger partial charge in [0.2, 0.25) is 0 Å². The number of nitrogens with one attached hydrogen (secondary N) is 2. The first-order valence-electron chi connectivity index (χ1n) is 7.06. The lowest BCUT2D eigenvalue weighted by molar-refractivity contribution is -0.136. The number of aromatic nitrogens is 1. The van der Waals surface area contributed by atoms with Crippen LogP contribution in [0.4, 0.5) is 24.5 Å². The Balaban J connectivity index is 2.27. The predicted octanol–water partition coefficient (Wildman–Crippen LogP) is 4.83. The third kappa shape index (κ3) is 4.61.